The van der Waals surface area contributed by atoms with Crippen LogP contribution in [0.1, 0.15) is 51.2 Å². The van der Waals surface area contributed by atoms with Crippen LogP contribution in [-0.4, -0.2) is 39.8 Å². The molecule has 0 atom stereocenters. The second-order valence-corrected chi connectivity index (χ2v) is 6.06. The molecule has 0 spiro atoms. The van der Waals surface area contributed by atoms with Gasteiger partial charge in [0.2, 0.25) is 5.89 Å². The summed E-state index contributed by atoms with van der Waals surface area (Å²) < 4.78 is 10.8. The molecule has 0 bridgehead atoms. The monoisotopic (exact) mass is 282 g/mol. The summed E-state index contributed by atoms with van der Waals surface area (Å²) in [4.78, 5) is 17.7. The van der Waals surface area contributed by atoms with E-state index < -0.39 is 5.60 Å². The molecule has 0 aromatic carbocycles. The Kier molecular flexibility index (Phi) is 4.32. The fourth-order valence-corrected chi connectivity index (χ4v) is 2.26. The van der Waals surface area contributed by atoms with E-state index in [1.165, 1.54) is 0 Å². The molecule has 1 aromatic heterocycles. The fourth-order valence-electron chi connectivity index (χ4n) is 2.26. The van der Waals surface area contributed by atoms with Gasteiger partial charge in [-0.15, -0.1) is 0 Å². The number of hydrogen-bond acceptors (Lipinski definition) is 5. The average molecular weight is 282 g/mol. The lowest BCUT2D eigenvalue weighted by Crippen LogP contribution is -2.41. The number of oxazole rings is 1. The van der Waals surface area contributed by atoms with Crippen molar-refractivity contribution in [1.82, 2.24) is 9.88 Å². The van der Waals surface area contributed by atoms with Crippen LogP contribution in [-0.2, 0) is 11.3 Å². The number of amides is 1. The SMILES string of the molecule is CC(C)(C)OC(=O)N1CCC(c2cnc(CO)o2)CC1. The van der Waals surface area contributed by atoms with E-state index in [4.69, 9.17) is 14.3 Å². The maximum Gasteiger partial charge on any atom is 0.410 e. The van der Waals surface area contributed by atoms with Gasteiger partial charge in [-0.25, -0.2) is 9.78 Å². The minimum Gasteiger partial charge on any atom is -0.444 e. The molecule has 20 heavy (non-hydrogen) atoms. The lowest BCUT2D eigenvalue weighted by molar-refractivity contribution is 0.0200. The maximum atomic E-state index is 11.9. The predicted octanol–water partition coefficient (Wildman–Crippen LogP) is 2.28. The first-order valence-electron chi connectivity index (χ1n) is 6.92. The van der Waals surface area contributed by atoms with Crippen LogP contribution >= 0.6 is 0 Å². The first-order chi connectivity index (χ1) is 9.39. The topological polar surface area (TPSA) is 75.8 Å². The summed E-state index contributed by atoms with van der Waals surface area (Å²) in [5.41, 5.74) is -0.463. The van der Waals surface area contributed by atoms with Crippen molar-refractivity contribution in [1.29, 1.82) is 0 Å². The number of carbonyl (C=O) groups excluding carboxylic acids is 1. The number of aliphatic hydroxyl groups is 1. The Morgan fingerprint density at radius 1 is 1.50 bits per heavy atom. The van der Waals surface area contributed by atoms with Gasteiger partial charge in [-0.05, 0) is 33.6 Å². The molecule has 2 rings (SSSR count). The van der Waals surface area contributed by atoms with Gasteiger partial charge in [0, 0.05) is 19.0 Å². The molecule has 112 valence electrons. The van der Waals surface area contributed by atoms with Crippen LogP contribution in [0.15, 0.2) is 10.6 Å². The van der Waals surface area contributed by atoms with E-state index in [2.05, 4.69) is 4.98 Å². The minimum absolute atomic E-state index is 0.184. The Bertz CT molecular complexity index is 456. The van der Waals surface area contributed by atoms with Gasteiger partial charge >= 0.3 is 6.09 Å². The molecular formula is C14H22N2O4. The van der Waals surface area contributed by atoms with Gasteiger partial charge in [0.05, 0.1) is 6.20 Å². The van der Waals surface area contributed by atoms with Crippen LogP contribution < -0.4 is 0 Å². The van der Waals surface area contributed by atoms with Crippen molar-refractivity contribution in [2.45, 2.75) is 51.7 Å². The number of aliphatic hydroxyl groups excluding tert-OH is 1. The van der Waals surface area contributed by atoms with Gasteiger partial charge in [0.25, 0.3) is 0 Å². The summed E-state index contributed by atoms with van der Waals surface area (Å²) in [5, 5.41) is 8.95. The number of aromatic nitrogens is 1. The van der Waals surface area contributed by atoms with Crippen LogP contribution in [0.5, 0.6) is 0 Å². The molecule has 1 aliphatic rings. The number of carbonyl (C=O) groups is 1. The van der Waals surface area contributed by atoms with Crippen molar-refractivity contribution in [2.75, 3.05) is 13.1 Å². The van der Waals surface area contributed by atoms with E-state index in [0.29, 0.717) is 19.0 Å². The zero-order chi connectivity index (χ0) is 14.8. The third kappa shape index (κ3) is 3.72. The standard InChI is InChI=1S/C14H22N2O4/c1-14(2,3)20-13(18)16-6-4-10(5-7-16)11-8-15-12(9-17)19-11/h8,10,17H,4-7,9H2,1-3H3. The third-order valence-electron chi connectivity index (χ3n) is 3.26. The summed E-state index contributed by atoms with van der Waals surface area (Å²) in [6, 6.07) is 0. The second-order valence-electron chi connectivity index (χ2n) is 6.06. The Balaban J connectivity index is 1.87. The predicted molar refractivity (Wildman–Crippen MR) is 72.2 cm³/mol. The van der Waals surface area contributed by atoms with E-state index >= 15 is 0 Å². The number of ether oxygens (including phenoxy) is 1. The normalized spacial score (nSPS) is 17.3. The van der Waals surface area contributed by atoms with Gasteiger partial charge in [0.15, 0.2) is 0 Å². The molecule has 2 heterocycles. The molecule has 1 N–H and O–H groups in total. The number of rotatable bonds is 2. The quantitative estimate of drug-likeness (QED) is 0.900. The first-order valence-corrected chi connectivity index (χ1v) is 6.92. The lowest BCUT2D eigenvalue weighted by atomic mass is 9.95. The summed E-state index contributed by atoms with van der Waals surface area (Å²) in [5.74, 6) is 1.38. The Hall–Kier alpha value is -1.56. The van der Waals surface area contributed by atoms with Gasteiger partial charge < -0.3 is 19.2 Å². The molecule has 6 nitrogen and oxygen atoms in total. The molecule has 1 aliphatic heterocycles. The number of nitrogens with zero attached hydrogens (tertiary/aromatic N) is 2. The van der Waals surface area contributed by atoms with Crippen molar-refractivity contribution >= 4 is 6.09 Å². The summed E-state index contributed by atoms with van der Waals surface area (Å²) in [7, 11) is 0. The zero-order valence-corrected chi connectivity index (χ0v) is 12.3. The van der Waals surface area contributed by atoms with E-state index in [9.17, 15) is 4.79 Å². The van der Waals surface area contributed by atoms with Crippen molar-refractivity contribution in [3.8, 4) is 0 Å². The first kappa shape index (κ1) is 14.8. The van der Waals surface area contributed by atoms with Gasteiger partial charge in [-0.1, -0.05) is 0 Å². The van der Waals surface area contributed by atoms with Crippen LogP contribution in [0.25, 0.3) is 0 Å². The van der Waals surface area contributed by atoms with Gasteiger partial charge in [0.1, 0.15) is 18.0 Å². The third-order valence-corrected chi connectivity index (χ3v) is 3.26. The molecule has 0 radical (unpaired) electrons. The van der Waals surface area contributed by atoms with Crippen LogP contribution in [0.4, 0.5) is 4.79 Å². The molecule has 0 unspecified atom stereocenters. The van der Waals surface area contributed by atoms with Crippen LogP contribution in [0.3, 0.4) is 0 Å². The fraction of sp³-hybridized carbons (Fsp3) is 0.714. The van der Waals surface area contributed by atoms with E-state index in [0.717, 1.165) is 18.6 Å². The highest BCUT2D eigenvalue weighted by atomic mass is 16.6. The molecule has 1 fully saturated rings. The molecular weight excluding hydrogens is 260 g/mol. The van der Waals surface area contributed by atoms with Crippen LogP contribution in [0, 0.1) is 0 Å². The molecule has 0 saturated carbocycles. The van der Waals surface area contributed by atoms with Crippen molar-refractivity contribution < 1.29 is 19.1 Å². The molecule has 1 amide bonds. The maximum absolute atomic E-state index is 11.9. The summed E-state index contributed by atoms with van der Waals surface area (Å²) >= 11 is 0. The lowest BCUT2D eigenvalue weighted by Gasteiger charge is -2.32. The highest BCUT2D eigenvalue weighted by molar-refractivity contribution is 5.68. The minimum atomic E-state index is -0.463. The molecule has 6 heteroatoms. The Morgan fingerprint density at radius 3 is 2.65 bits per heavy atom. The van der Waals surface area contributed by atoms with E-state index in [-0.39, 0.29) is 18.6 Å². The van der Waals surface area contributed by atoms with Gasteiger partial charge in [-0.2, -0.15) is 0 Å². The second kappa shape index (κ2) is 5.83. The van der Waals surface area contributed by atoms with Crippen molar-refractivity contribution in [3.05, 3.63) is 17.8 Å². The average Bonchev–Trinajstić information content (AvgIpc) is 2.85. The van der Waals surface area contributed by atoms with E-state index in [1.807, 2.05) is 20.8 Å². The number of likely N-dealkylation sites (tertiary alicyclic amines) is 1. The Morgan fingerprint density at radius 2 is 2.15 bits per heavy atom. The smallest absolute Gasteiger partial charge is 0.410 e. The van der Waals surface area contributed by atoms with Crippen molar-refractivity contribution in [2.24, 2.45) is 0 Å². The summed E-state index contributed by atoms with van der Waals surface area (Å²) in [6.07, 6.45) is 3.04. The number of hydrogen-bond donors (Lipinski definition) is 1. The molecule has 1 aromatic rings. The molecule has 1 saturated heterocycles. The zero-order valence-electron chi connectivity index (χ0n) is 12.3. The highest BCUT2D eigenvalue weighted by Gasteiger charge is 2.28. The van der Waals surface area contributed by atoms with E-state index in [1.54, 1.807) is 11.1 Å². The Labute approximate surface area is 118 Å². The molecule has 0 aliphatic carbocycles. The van der Waals surface area contributed by atoms with Crippen molar-refractivity contribution in [3.63, 3.8) is 0 Å². The van der Waals surface area contributed by atoms with Gasteiger partial charge in [-0.3, -0.25) is 0 Å². The summed E-state index contributed by atoms with van der Waals surface area (Å²) in [6.45, 7) is 6.70. The van der Waals surface area contributed by atoms with Crippen LogP contribution in [0.2, 0.25) is 0 Å². The highest BCUT2D eigenvalue weighted by Crippen LogP contribution is 2.29. The number of piperidine rings is 1. The largest absolute Gasteiger partial charge is 0.444 e.